The molecule has 4 aliphatic heterocycles. The van der Waals surface area contributed by atoms with Crippen molar-refractivity contribution in [3.8, 4) is 0 Å². The van der Waals surface area contributed by atoms with E-state index in [1.807, 2.05) is 13.8 Å². The quantitative estimate of drug-likeness (QED) is 0.743. The summed E-state index contributed by atoms with van der Waals surface area (Å²) < 4.78 is 17.7. The van der Waals surface area contributed by atoms with Crippen LogP contribution in [0.4, 0.5) is 0 Å². The number of aliphatic hydroxyl groups is 1. The molecule has 4 heterocycles. The molecular formula is C14H21NO5. The molecule has 112 valence electrons. The molecule has 4 aliphatic rings. The zero-order chi connectivity index (χ0) is 14.7. The second-order valence-corrected chi connectivity index (χ2v) is 6.06. The number of hydrogen-bond donors (Lipinski definition) is 1. The Morgan fingerprint density at radius 2 is 2.00 bits per heavy atom. The second-order valence-electron chi connectivity index (χ2n) is 6.06. The molecule has 0 radical (unpaired) electrons. The van der Waals surface area contributed by atoms with Crippen molar-refractivity contribution in [2.75, 3.05) is 0 Å². The average molecular weight is 283 g/mol. The number of ether oxygens (including phenoxy) is 3. The van der Waals surface area contributed by atoms with E-state index in [1.54, 1.807) is 6.08 Å². The van der Waals surface area contributed by atoms with Crippen LogP contribution in [-0.2, 0) is 19.0 Å². The van der Waals surface area contributed by atoms with Crippen LogP contribution in [0.1, 0.15) is 27.2 Å². The van der Waals surface area contributed by atoms with Gasteiger partial charge in [0.15, 0.2) is 12.0 Å². The van der Waals surface area contributed by atoms with Crippen LogP contribution >= 0.6 is 0 Å². The van der Waals surface area contributed by atoms with E-state index in [9.17, 15) is 9.90 Å². The van der Waals surface area contributed by atoms with Crippen LogP contribution in [0.5, 0.6) is 0 Å². The number of carbonyl (C=O) groups is 1. The zero-order valence-corrected chi connectivity index (χ0v) is 12.0. The van der Waals surface area contributed by atoms with Crippen molar-refractivity contribution in [2.45, 2.75) is 69.7 Å². The van der Waals surface area contributed by atoms with E-state index in [4.69, 9.17) is 14.2 Å². The largest absolute Gasteiger partial charge is 0.371 e. The fourth-order valence-corrected chi connectivity index (χ4v) is 3.57. The molecule has 1 N–H and O–H groups in total. The third-order valence-electron chi connectivity index (χ3n) is 4.20. The van der Waals surface area contributed by atoms with E-state index in [0.717, 1.165) is 0 Å². The Bertz CT molecular complexity index is 437. The fraction of sp³-hybridized carbons (Fsp3) is 0.786. The summed E-state index contributed by atoms with van der Waals surface area (Å²) in [6, 6.07) is -0.350. The van der Waals surface area contributed by atoms with Crippen molar-refractivity contribution in [1.82, 2.24) is 4.90 Å². The van der Waals surface area contributed by atoms with E-state index in [-0.39, 0.29) is 30.3 Å². The SMILES string of the molecule is C=CC[C@H]1OC2[C@@H](O)N(C(C)=O)C1[C@H]1OC(C)(C)O[C@@H]21. The van der Waals surface area contributed by atoms with Gasteiger partial charge in [-0.1, -0.05) is 6.08 Å². The van der Waals surface area contributed by atoms with Gasteiger partial charge in [0.2, 0.25) is 5.91 Å². The normalized spacial score (nSPS) is 45.3. The molecule has 6 nitrogen and oxygen atoms in total. The van der Waals surface area contributed by atoms with E-state index >= 15 is 0 Å². The third kappa shape index (κ3) is 1.90. The summed E-state index contributed by atoms with van der Waals surface area (Å²) in [7, 11) is 0. The molecule has 4 rings (SSSR count). The van der Waals surface area contributed by atoms with Crippen molar-refractivity contribution in [3.05, 3.63) is 12.7 Å². The van der Waals surface area contributed by atoms with Crippen molar-refractivity contribution in [1.29, 1.82) is 0 Å². The minimum absolute atomic E-state index is 0.184. The number of hydrogen-bond acceptors (Lipinski definition) is 5. The van der Waals surface area contributed by atoms with Crippen LogP contribution in [0.25, 0.3) is 0 Å². The minimum Gasteiger partial charge on any atom is -0.371 e. The van der Waals surface area contributed by atoms with Gasteiger partial charge in [-0.25, -0.2) is 0 Å². The Labute approximate surface area is 118 Å². The molecule has 0 spiro atoms. The smallest absolute Gasteiger partial charge is 0.221 e. The molecule has 0 aromatic heterocycles. The number of carbonyl (C=O) groups excluding carboxylic acids is 1. The highest BCUT2D eigenvalue weighted by Crippen LogP contribution is 2.45. The van der Waals surface area contributed by atoms with Gasteiger partial charge in [-0.3, -0.25) is 4.79 Å². The fourth-order valence-electron chi connectivity index (χ4n) is 3.57. The monoisotopic (exact) mass is 283 g/mol. The molecule has 1 amide bonds. The maximum absolute atomic E-state index is 11.9. The molecule has 0 aromatic rings. The zero-order valence-electron chi connectivity index (χ0n) is 12.0. The van der Waals surface area contributed by atoms with Crippen LogP contribution in [0.15, 0.2) is 12.7 Å². The molecule has 2 bridgehead atoms. The van der Waals surface area contributed by atoms with E-state index < -0.39 is 18.1 Å². The highest BCUT2D eigenvalue weighted by atomic mass is 16.8. The van der Waals surface area contributed by atoms with Crippen molar-refractivity contribution in [2.24, 2.45) is 0 Å². The first-order valence-corrected chi connectivity index (χ1v) is 6.94. The predicted molar refractivity (Wildman–Crippen MR) is 69.6 cm³/mol. The molecule has 6 heteroatoms. The van der Waals surface area contributed by atoms with Crippen LogP contribution < -0.4 is 0 Å². The predicted octanol–water partition coefficient (Wildman–Crippen LogP) is 0.399. The molecule has 0 saturated carbocycles. The molecule has 6 atom stereocenters. The summed E-state index contributed by atoms with van der Waals surface area (Å²) in [5, 5.41) is 10.4. The summed E-state index contributed by atoms with van der Waals surface area (Å²) in [5.74, 6) is -0.915. The summed E-state index contributed by atoms with van der Waals surface area (Å²) in [6.07, 6.45) is -0.0550. The van der Waals surface area contributed by atoms with Gasteiger partial charge in [0.1, 0.15) is 18.3 Å². The van der Waals surface area contributed by atoms with Gasteiger partial charge in [-0.2, -0.15) is 0 Å². The molecule has 2 unspecified atom stereocenters. The number of piperidine rings is 1. The lowest BCUT2D eigenvalue weighted by atomic mass is 9.84. The standard InChI is InChI=1S/C14H21NO5/c1-5-6-8-9-10-11(20-14(3,4)19-10)12(18-8)13(17)15(9)7(2)16/h5,8-13,17H,1,6H2,2-4H3/t8-,9?,10-,11-,12?,13-/m1/s1. The molecule has 4 saturated heterocycles. The van der Waals surface area contributed by atoms with Gasteiger partial charge in [0, 0.05) is 6.92 Å². The van der Waals surface area contributed by atoms with Crippen LogP contribution in [0.3, 0.4) is 0 Å². The van der Waals surface area contributed by atoms with Gasteiger partial charge in [-0.15, -0.1) is 6.58 Å². The lowest BCUT2D eigenvalue weighted by Gasteiger charge is -2.56. The lowest BCUT2D eigenvalue weighted by molar-refractivity contribution is -0.281. The Balaban J connectivity index is 1.97. The van der Waals surface area contributed by atoms with Crippen LogP contribution in [0.2, 0.25) is 0 Å². The number of morpholine rings is 1. The Morgan fingerprint density at radius 1 is 1.35 bits per heavy atom. The maximum Gasteiger partial charge on any atom is 0.221 e. The minimum atomic E-state index is -0.989. The average Bonchev–Trinajstić information content (AvgIpc) is 2.66. The van der Waals surface area contributed by atoms with Gasteiger partial charge >= 0.3 is 0 Å². The first kappa shape index (κ1) is 14.0. The van der Waals surface area contributed by atoms with E-state index in [1.165, 1.54) is 11.8 Å². The molecule has 0 aliphatic carbocycles. The molecule has 0 aromatic carbocycles. The number of rotatable bonds is 2. The summed E-state index contributed by atoms with van der Waals surface area (Å²) in [6.45, 7) is 8.83. The third-order valence-corrected chi connectivity index (χ3v) is 4.20. The van der Waals surface area contributed by atoms with Gasteiger partial charge < -0.3 is 24.2 Å². The Kier molecular flexibility index (Phi) is 3.17. The summed E-state index contributed by atoms with van der Waals surface area (Å²) in [4.78, 5) is 13.4. The highest BCUT2D eigenvalue weighted by Gasteiger charge is 2.64. The van der Waals surface area contributed by atoms with Gasteiger partial charge in [0.25, 0.3) is 0 Å². The number of nitrogens with zero attached hydrogens (tertiary/aromatic N) is 1. The van der Waals surface area contributed by atoms with Crippen molar-refractivity contribution >= 4 is 5.91 Å². The second kappa shape index (κ2) is 4.53. The number of fused-ring (bicyclic) bond motifs is 2. The Hall–Kier alpha value is -0.950. The van der Waals surface area contributed by atoms with Gasteiger partial charge in [-0.05, 0) is 20.3 Å². The topological polar surface area (TPSA) is 68.2 Å². The first-order chi connectivity index (χ1) is 9.35. The highest BCUT2D eigenvalue weighted by molar-refractivity contribution is 5.74. The molecule has 20 heavy (non-hydrogen) atoms. The van der Waals surface area contributed by atoms with E-state index in [2.05, 4.69) is 6.58 Å². The molecule has 4 fully saturated rings. The number of aliphatic hydroxyl groups excluding tert-OH is 1. The first-order valence-electron chi connectivity index (χ1n) is 6.94. The summed E-state index contributed by atoms with van der Waals surface area (Å²) in [5.41, 5.74) is 0. The van der Waals surface area contributed by atoms with Crippen molar-refractivity contribution in [3.63, 3.8) is 0 Å². The number of amides is 1. The van der Waals surface area contributed by atoms with Crippen LogP contribution in [0, 0.1) is 0 Å². The maximum atomic E-state index is 11.9. The van der Waals surface area contributed by atoms with E-state index in [0.29, 0.717) is 6.42 Å². The lowest BCUT2D eigenvalue weighted by Crippen LogP contribution is -2.75. The molecular weight excluding hydrogens is 262 g/mol. The van der Waals surface area contributed by atoms with Gasteiger partial charge in [0.05, 0.1) is 12.1 Å². The summed E-state index contributed by atoms with van der Waals surface area (Å²) >= 11 is 0. The van der Waals surface area contributed by atoms with Crippen molar-refractivity contribution < 1.29 is 24.1 Å². The van der Waals surface area contributed by atoms with Crippen LogP contribution in [-0.4, -0.2) is 58.4 Å². The Morgan fingerprint density at radius 3 is 2.60 bits per heavy atom.